The summed E-state index contributed by atoms with van der Waals surface area (Å²) in [6.07, 6.45) is 1.45. The Balaban J connectivity index is 2.31. The first-order valence-corrected chi connectivity index (χ1v) is 5.58. The molecule has 0 aromatic heterocycles. The molecule has 1 saturated heterocycles. The lowest BCUT2D eigenvalue weighted by Gasteiger charge is -2.12. The Morgan fingerprint density at radius 2 is 2.29 bits per heavy atom. The number of rotatable bonds is 1. The number of nitrogens with one attached hydrogen (secondary N) is 1. The van der Waals surface area contributed by atoms with E-state index in [1.54, 1.807) is 0 Å². The van der Waals surface area contributed by atoms with Crippen LogP contribution in [0.15, 0.2) is 22.7 Å². The van der Waals surface area contributed by atoms with Gasteiger partial charge in [0.05, 0.1) is 6.04 Å². The quantitative estimate of drug-likeness (QED) is 0.838. The van der Waals surface area contributed by atoms with Gasteiger partial charge in [0, 0.05) is 15.9 Å². The fourth-order valence-electron chi connectivity index (χ4n) is 1.63. The lowest BCUT2D eigenvalue weighted by Crippen LogP contribution is -2.18. The minimum Gasteiger partial charge on any atom is -0.349 e. The van der Waals surface area contributed by atoms with Crippen LogP contribution in [0, 0.1) is 0 Å². The van der Waals surface area contributed by atoms with E-state index in [2.05, 4.69) is 21.2 Å². The molecular formula is C10H9BrClNO. The summed E-state index contributed by atoms with van der Waals surface area (Å²) in [7, 11) is 0. The SMILES string of the molecule is O=C1CC[C@H](c2cc(Cl)ccc2Br)N1. The second-order valence-corrected chi connectivity index (χ2v) is 4.62. The van der Waals surface area contributed by atoms with Gasteiger partial charge in [-0.1, -0.05) is 27.5 Å². The van der Waals surface area contributed by atoms with Gasteiger partial charge in [-0.3, -0.25) is 4.79 Å². The van der Waals surface area contributed by atoms with Gasteiger partial charge in [-0.15, -0.1) is 0 Å². The van der Waals surface area contributed by atoms with Crippen molar-refractivity contribution in [2.24, 2.45) is 0 Å². The first-order chi connectivity index (χ1) is 6.66. The zero-order valence-electron chi connectivity index (χ0n) is 7.39. The molecule has 1 N–H and O–H groups in total. The van der Waals surface area contributed by atoms with Gasteiger partial charge in [0.25, 0.3) is 0 Å². The van der Waals surface area contributed by atoms with Gasteiger partial charge in [0.1, 0.15) is 0 Å². The van der Waals surface area contributed by atoms with Crippen LogP contribution in [0.25, 0.3) is 0 Å². The van der Waals surface area contributed by atoms with E-state index >= 15 is 0 Å². The zero-order valence-corrected chi connectivity index (χ0v) is 9.73. The van der Waals surface area contributed by atoms with Crippen molar-refractivity contribution < 1.29 is 4.79 Å². The van der Waals surface area contributed by atoms with Gasteiger partial charge in [-0.2, -0.15) is 0 Å². The molecule has 2 rings (SSSR count). The van der Waals surface area contributed by atoms with Gasteiger partial charge >= 0.3 is 0 Å². The molecule has 1 fully saturated rings. The lowest BCUT2D eigenvalue weighted by molar-refractivity contribution is -0.119. The van der Waals surface area contributed by atoms with Crippen LogP contribution >= 0.6 is 27.5 Å². The molecule has 0 aliphatic carbocycles. The van der Waals surface area contributed by atoms with Gasteiger partial charge in [0.15, 0.2) is 0 Å². The molecule has 0 radical (unpaired) electrons. The fourth-order valence-corrected chi connectivity index (χ4v) is 2.33. The third kappa shape index (κ3) is 1.93. The van der Waals surface area contributed by atoms with Crippen molar-refractivity contribution in [1.29, 1.82) is 0 Å². The molecule has 1 aromatic rings. The molecule has 0 saturated carbocycles. The highest BCUT2D eigenvalue weighted by atomic mass is 79.9. The van der Waals surface area contributed by atoms with Crippen molar-refractivity contribution in [2.75, 3.05) is 0 Å². The van der Waals surface area contributed by atoms with Crippen molar-refractivity contribution in [2.45, 2.75) is 18.9 Å². The van der Waals surface area contributed by atoms with E-state index in [1.807, 2.05) is 18.2 Å². The fraction of sp³-hybridized carbons (Fsp3) is 0.300. The van der Waals surface area contributed by atoms with Crippen LogP contribution in [0.4, 0.5) is 0 Å². The Kier molecular flexibility index (Phi) is 2.79. The summed E-state index contributed by atoms with van der Waals surface area (Å²) in [5.74, 6) is 0.113. The van der Waals surface area contributed by atoms with Crippen LogP contribution in [0.2, 0.25) is 5.02 Å². The molecule has 0 unspecified atom stereocenters. The molecule has 1 aliphatic heterocycles. The van der Waals surface area contributed by atoms with E-state index in [9.17, 15) is 4.79 Å². The van der Waals surface area contributed by atoms with Gasteiger partial charge in [-0.25, -0.2) is 0 Å². The molecule has 1 heterocycles. The molecular weight excluding hydrogens is 265 g/mol. The topological polar surface area (TPSA) is 29.1 Å². The molecule has 14 heavy (non-hydrogen) atoms. The number of hydrogen-bond acceptors (Lipinski definition) is 1. The predicted octanol–water partition coefficient (Wildman–Crippen LogP) is 3.05. The van der Waals surface area contributed by atoms with Crippen LogP contribution in [-0.4, -0.2) is 5.91 Å². The van der Waals surface area contributed by atoms with E-state index in [4.69, 9.17) is 11.6 Å². The Morgan fingerprint density at radius 3 is 2.93 bits per heavy atom. The minimum absolute atomic E-state index is 0.107. The van der Waals surface area contributed by atoms with Crippen molar-refractivity contribution >= 4 is 33.4 Å². The van der Waals surface area contributed by atoms with Gasteiger partial charge in [-0.05, 0) is 30.2 Å². The van der Waals surface area contributed by atoms with Crippen molar-refractivity contribution in [3.8, 4) is 0 Å². The zero-order chi connectivity index (χ0) is 10.1. The summed E-state index contributed by atoms with van der Waals surface area (Å²) in [6, 6.07) is 5.73. The van der Waals surface area contributed by atoms with Crippen molar-refractivity contribution in [3.63, 3.8) is 0 Å². The second-order valence-electron chi connectivity index (χ2n) is 3.32. The van der Waals surface area contributed by atoms with Crippen LogP contribution < -0.4 is 5.32 Å². The summed E-state index contributed by atoms with van der Waals surface area (Å²) in [4.78, 5) is 11.1. The van der Waals surface area contributed by atoms with E-state index in [0.29, 0.717) is 11.4 Å². The molecule has 1 amide bonds. The predicted molar refractivity (Wildman–Crippen MR) is 59.3 cm³/mol. The van der Waals surface area contributed by atoms with Crippen LogP contribution in [-0.2, 0) is 4.79 Å². The smallest absolute Gasteiger partial charge is 0.220 e. The van der Waals surface area contributed by atoms with Crippen LogP contribution in [0.1, 0.15) is 24.4 Å². The van der Waals surface area contributed by atoms with Gasteiger partial charge in [0.2, 0.25) is 5.91 Å². The van der Waals surface area contributed by atoms with Crippen LogP contribution in [0.3, 0.4) is 0 Å². The number of amides is 1. The molecule has 2 nitrogen and oxygen atoms in total. The number of carbonyl (C=O) groups is 1. The largest absolute Gasteiger partial charge is 0.349 e. The molecule has 4 heteroatoms. The monoisotopic (exact) mass is 273 g/mol. The Labute approximate surface area is 95.8 Å². The average molecular weight is 275 g/mol. The highest BCUT2D eigenvalue weighted by Gasteiger charge is 2.23. The summed E-state index contributed by atoms with van der Waals surface area (Å²) in [5, 5.41) is 3.61. The Hall–Kier alpha value is -0.540. The van der Waals surface area contributed by atoms with E-state index in [1.165, 1.54) is 0 Å². The minimum atomic E-state index is 0.107. The van der Waals surface area contributed by atoms with E-state index in [-0.39, 0.29) is 11.9 Å². The van der Waals surface area contributed by atoms with Crippen molar-refractivity contribution in [3.05, 3.63) is 33.3 Å². The summed E-state index contributed by atoms with van der Waals surface area (Å²) >= 11 is 9.35. The first-order valence-electron chi connectivity index (χ1n) is 4.41. The third-order valence-corrected chi connectivity index (χ3v) is 3.29. The highest BCUT2D eigenvalue weighted by Crippen LogP contribution is 2.31. The maximum absolute atomic E-state index is 11.1. The summed E-state index contributed by atoms with van der Waals surface area (Å²) in [5.41, 5.74) is 1.06. The first kappa shape index (κ1) is 9.99. The van der Waals surface area contributed by atoms with Crippen LogP contribution in [0.5, 0.6) is 0 Å². The maximum atomic E-state index is 11.1. The third-order valence-electron chi connectivity index (χ3n) is 2.33. The second kappa shape index (κ2) is 3.91. The molecule has 74 valence electrons. The highest BCUT2D eigenvalue weighted by molar-refractivity contribution is 9.10. The Bertz CT molecular complexity index is 380. The molecule has 1 aromatic carbocycles. The summed E-state index contributed by atoms with van der Waals surface area (Å²) < 4.78 is 0.995. The number of carbonyl (C=O) groups excluding carboxylic acids is 1. The summed E-state index contributed by atoms with van der Waals surface area (Å²) in [6.45, 7) is 0. The number of halogens is 2. The van der Waals surface area contributed by atoms with E-state index < -0.39 is 0 Å². The van der Waals surface area contributed by atoms with Crippen molar-refractivity contribution in [1.82, 2.24) is 5.32 Å². The molecule has 0 bridgehead atoms. The standard InChI is InChI=1S/C10H9BrClNO/c11-8-2-1-6(12)5-7(8)9-3-4-10(14)13-9/h1-2,5,9H,3-4H2,(H,13,14)/t9-/m1/s1. The molecule has 0 spiro atoms. The molecule has 1 atom stereocenters. The maximum Gasteiger partial charge on any atom is 0.220 e. The average Bonchev–Trinajstić information content (AvgIpc) is 2.56. The number of benzene rings is 1. The normalized spacial score (nSPS) is 21.0. The Morgan fingerprint density at radius 1 is 1.50 bits per heavy atom. The van der Waals surface area contributed by atoms with Gasteiger partial charge < -0.3 is 5.32 Å². The number of hydrogen-bond donors (Lipinski definition) is 1. The van der Waals surface area contributed by atoms with E-state index in [0.717, 1.165) is 16.5 Å². The lowest BCUT2D eigenvalue weighted by atomic mass is 10.1. The molecule has 1 aliphatic rings.